The summed E-state index contributed by atoms with van der Waals surface area (Å²) in [5.74, 6) is 0. The molecule has 0 bridgehead atoms. The van der Waals surface area contributed by atoms with Crippen LogP contribution in [-0.4, -0.2) is 42.5 Å². The number of carbonyl (C=O) groups is 1. The monoisotopic (exact) mass is 195 g/mol. The van der Waals surface area contributed by atoms with Crippen LogP contribution in [0.4, 0.5) is 4.79 Å². The molecule has 0 N–H and O–H groups in total. The fraction of sp³-hybridized carbons (Fsp3) is 0.800. The van der Waals surface area contributed by atoms with Gasteiger partial charge in [0.05, 0.1) is 11.5 Å². The summed E-state index contributed by atoms with van der Waals surface area (Å²) in [4.78, 5) is 15.0. The first-order valence-electron chi connectivity index (χ1n) is 4.87. The quantitative estimate of drug-likeness (QED) is 0.681. The number of hydrogen-bond donors (Lipinski definition) is 0. The van der Waals surface area contributed by atoms with Gasteiger partial charge in [0.2, 0.25) is 0 Å². The van der Waals surface area contributed by atoms with Crippen LogP contribution in [0.5, 0.6) is 0 Å². The van der Waals surface area contributed by atoms with Gasteiger partial charge in [-0.15, -0.1) is 0 Å². The van der Waals surface area contributed by atoms with Crippen LogP contribution in [0.15, 0.2) is 0 Å². The molecule has 1 fully saturated rings. The van der Waals surface area contributed by atoms with Crippen molar-refractivity contribution in [2.75, 3.05) is 26.7 Å². The molecule has 1 heterocycles. The average molecular weight is 195 g/mol. The molecule has 1 aliphatic heterocycles. The van der Waals surface area contributed by atoms with Crippen LogP contribution < -0.4 is 0 Å². The van der Waals surface area contributed by atoms with Crippen LogP contribution in [-0.2, 0) is 0 Å². The van der Waals surface area contributed by atoms with E-state index < -0.39 is 0 Å². The highest BCUT2D eigenvalue weighted by atomic mass is 16.2. The van der Waals surface area contributed by atoms with Gasteiger partial charge in [0.1, 0.15) is 0 Å². The van der Waals surface area contributed by atoms with Crippen LogP contribution in [0.1, 0.15) is 20.3 Å². The predicted octanol–water partition coefficient (Wildman–Crippen LogP) is 1.29. The van der Waals surface area contributed by atoms with E-state index in [1.807, 2.05) is 13.8 Å². The van der Waals surface area contributed by atoms with E-state index >= 15 is 0 Å². The van der Waals surface area contributed by atoms with E-state index in [1.54, 1.807) is 16.8 Å². The molecule has 0 aromatic rings. The summed E-state index contributed by atoms with van der Waals surface area (Å²) in [5, 5.41) is 8.82. The van der Waals surface area contributed by atoms with Gasteiger partial charge in [-0.05, 0) is 20.3 Å². The molecule has 78 valence electrons. The summed E-state index contributed by atoms with van der Waals surface area (Å²) in [6, 6.07) is 2.32. The summed E-state index contributed by atoms with van der Waals surface area (Å²) < 4.78 is 0. The third-order valence-corrected chi connectivity index (χ3v) is 2.61. The maximum absolute atomic E-state index is 11.5. The van der Waals surface area contributed by atoms with E-state index in [-0.39, 0.29) is 11.4 Å². The first-order valence-corrected chi connectivity index (χ1v) is 4.87. The summed E-state index contributed by atoms with van der Waals surface area (Å²) in [6.45, 7) is 6.07. The molecule has 0 radical (unpaired) electrons. The Kier molecular flexibility index (Phi) is 3.00. The van der Waals surface area contributed by atoms with Gasteiger partial charge < -0.3 is 9.80 Å². The van der Waals surface area contributed by atoms with Gasteiger partial charge in [-0.25, -0.2) is 4.79 Å². The molecule has 0 aliphatic carbocycles. The highest BCUT2D eigenvalue weighted by molar-refractivity contribution is 5.76. The van der Waals surface area contributed by atoms with E-state index in [0.717, 1.165) is 19.5 Å². The van der Waals surface area contributed by atoms with E-state index in [9.17, 15) is 4.79 Å². The third-order valence-electron chi connectivity index (χ3n) is 2.61. The Balaban J connectivity index is 2.41. The van der Waals surface area contributed by atoms with Crippen LogP contribution >= 0.6 is 0 Å². The zero-order valence-electron chi connectivity index (χ0n) is 9.08. The van der Waals surface area contributed by atoms with E-state index in [4.69, 9.17) is 5.26 Å². The van der Waals surface area contributed by atoms with Gasteiger partial charge in [0.15, 0.2) is 0 Å². The first kappa shape index (κ1) is 10.8. The Morgan fingerprint density at radius 1 is 1.50 bits per heavy atom. The summed E-state index contributed by atoms with van der Waals surface area (Å²) in [5.41, 5.74) is -0.332. The topological polar surface area (TPSA) is 47.3 Å². The molecule has 2 amide bonds. The minimum absolute atomic E-state index is 0.0822. The van der Waals surface area contributed by atoms with Crippen LogP contribution in [0.2, 0.25) is 0 Å². The Hall–Kier alpha value is -1.24. The minimum Gasteiger partial charge on any atom is -0.326 e. The number of nitriles is 1. The highest BCUT2D eigenvalue weighted by Crippen LogP contribution is 2.20. The normalized spacial score (nSPS) is 17.4. The second kappa shape index (κ2) is 3.87. The number of nitrogens with zero attached hydrogens (tertiary/aromatic N) is 3. The van der Waals surface area contributed by atoms with Crippen LogP contribution in [0.3, 0.4) is 0 Å². The molecule has 0 saturated carbocycles. The maximum atomic E-state index is 11.5. The number of rotatable bonds is 3. The van der Waals surface area contributed by atoms with Crippen molar-refractivity contribution in [3.05, 3.63) is 0 Å². The number of carbonyl (C=O) groups excluding carboxylic acids is 1. The Labute approximate surface area is 85.1 Å². The summed E-state index contributed by atoms with van der Waals surface area (Å²) in [6.07, 6.45) is 0.739. The fourth-order valence-electron chi connectivity index (χ4n) is 1.38. The molecule has 4 nitrogen and oxygen atoms in total. The average Bonchev–Trinajstić information content (AvgIpc) is 2.45. The van der Waals surface area contributed by atoms with Crippen molar-refractivity contribution in [3.63, 3.8) is 0 Å². The van der Waals surface area contributed by atoms with Gasteiger partial charge in [-0.2, -0.15) is 5.26 Å². The number of likely N-dealkylation sites (N-methyl/N-ethyl adjacent to an activating group) is 1. The third kappa shape index (κ3) is 2.38. The molecule has 14 heavy (non-hydrogen) atoms. The molecule has 0 unspecified atom stereocenters. The molecule has 4 heteroatoms. The second-order valence-electron chi connectivity index (χ2n) is 4.44. The fourth-order valence-corrected chi connectivity index (χ4v) is 1.38. The summed E-state index contributed by atoms with van der Waals surface area (Å²) >= 11 is 0. The van der Waals surface area contributed by atoms with Gasteiger partial charge in [0.25, 0.3) is 0 Å². The van der Waals surface area contributed by atoms with Crippen molar-refractivity contribution in [3.8, 4) is 6.07 Å². The van der Waals surface area contributed by atoms with Crippen molar-refractivity contribution >= 4 is 6.03 Å². The molecule has 0 atom stereocenters. The van der Waals surface area contributed by atoms with E-state index in [0.29, 0.717) is 6.54 Å². The highest BCUT2D eigenvalue weighted by Gasteiger charge is 2.27. The lowest BCUT2D eigenvalue weighted by molar-refractivity contribution is 0.194. The van der Waals surface area contributed by atoms with Crippen molar-refractivity contribution in [1.29, 1.82) is 5.26 Å². The van der Waals surface area contributed by atoms with Crippen molar-refractivity contribution in [2.45, 2.75) is 20.3 Å². The molecule has 0 aromatic heterocycles. The Bertz CT molecular complexity index is 267. The van der Waals surface area contributed by atoms with Crippen molar-refractivity contribution < 1.29 is 4.79 Å². The minimum atomic E-state index is -0.332. The van der Waals surface area contributed by atoms with Crippen LogP contribution in [0.25, 0.3) is 0 Å². The van der Waals surface area contributed by atoms with E-state index in [2.05, 4.69) is 6.07 Å². The van der Waals surface area contributed by atoms with Gasteiger partial charge in [-0.3, -0.25) is 0 Å². The van der Waals surface area contributed by atoms with Gasteiger partial charge >= 0.3 is 6.03 Å². The number of amides is 2. The lowest BCUT2D eigenvalue weighted by Crippen LogP contribution is -2.32. The molecule has 0 aromatic carbocycles. The zero-order chi connectivity index (χ0) is 10.8. The largest absolute Gasteiger partial charge is 0.326 e. The predicted molar refractivity (Wildman–Crippen MR) is 53.6 cm³/mol. The standard InChI is InChI=1S/C10H17N3O/c1-10(2,8-11)4-5-13-7-6-12(3)9(13)14/h4-7H2,1-3H3. The van der Waals surface area contributed by atoms with Crippen LogP contribution in [0, 0.1) is 16.7 Å². The number of urea groups is 1. The summed E-state index contributed by atoms with van der Waals surface area (Å²) in [7, 11) is 1.80. The zero-order valence-corrected chi connectivity index (χ0v) is 9.08. The molecular formula is C10H17N3O. The lowest BCUT2D eigenvalue weighted by Gasteiger charge is -2.20. The van der Waals surface area contributed by atoms with E-state index in [1.165, 1.54) is 0 Å². The SMILES string of the molecule is CN1CCN(CCC(C)(C)C#N)C1=O. The van der Waals surface area contributed by atoms with Crippen molar-refractivity contribution in [1.82, 2.24) is 9.80 Å². The molecule has 0 spiro atoms. The Morgan fingerprint density at radius 2 is 2.14 bits per heavy atom. The smallest absolute Gasteiger partial charge is 0.319 e. The maximum Gasteiger partial charge on any atom is 0.319 e. The van der Waals surface area contributed by atoms with Gasteiger partial charge in [0, 0.05) is 26.7 Å². The molecule has 1 saturated heterocycles. The molecule has 1 aliphatic rings. The first-order chi connectivity index (χ1) is 6.46. The van der Waals surface area contributed by atoms with Crippen molar-refractivity contribution in [2.24, 2.45) is 5.41 Å². The Morgan fingerprint density at radius 3 is 2.57 bits per heavy atom. The molecule has 1 rings (SSSR count). The van der Waals surface area contributed by atoms with Gasteiger partial charge in [-0.1, -0.05) is 0 Å². The second-order valence-corrected chi connectivity index (χ2v) is 4.44. The number of hydrogen-bond acceptors (Lipinski definition) is 2. The lowest BCUT2D eigenvalue weighted by atomic mass is 9.91. The molecular weight excluding hydrogens is 178 g/mol.